The number of amides is 2. The van der Waals surface area contributed by atoms with Crippen LogP contribution in [0.15, 0.2) is 24.3 Å². The van der Waals surface area contributed by atoms with Crippen molar-refractivity contribution in [1.82, 2.24) is 5.06 Å². The summed E-state index contributed by atoms with van der Waals surface area (Å²) in [5, 5.41) is 0.620. The van der Waals surface area contributed by atoms with Crippen molar-refractivity contribution in [2.45, 2.75) is 25.7 Å². The monoisotopic (exact) mass is 285 g/mol. The highest BCUT2D eigenvalue weighted by molar-refractivity contribution is 6.20. The highest BCUT2D eigenvalue weighted by Crippen LogP contribution is 2.51. The minimum Gasteiger partial charge on any atom is -0.329 e. The van der Waals surface area contributed by atoms with Gasteiger partial charge in [0.2, 0.25) is 0 Å². The maximum Gasteiger partial charge on any atom is 0.336 e. The second-order valence-corrected chi connectivity index (χ2v) is 6.06. The lowest BCUT2D eigenvalue weighted by Crippen LogP contribution is -2.43. The van der Waals surface area contributed by atoms with E-state index in [2.05, 4.69) is 0 Å². The first-order valence-corrected chi connectivity index (χ1v) is 7.36. The SMILES string of the molecule is O=C(ON1C(=O)c2ccccc2C1=O)C1CC2CCCC21. The lowest BCUT2D eigenvalue weighted by molar-refractivity contribution is -0.182. The molecule has 4 rings (SSSR count). The molecule has 2 fully saturated rings. The fourth-order valence-electron chi connectivity index (χ4n) is 3.87. The minimum absolute atomic E-state index is 0.151. The van der Waals surface area contributed by atoms with Crippen molar-refractivity contribution >= 4 is 17.8 Å². The molecule has 1 aromatic rings. The van der Waals surface area contributed by atoms with Gasteiger partial charge in [0, 0.05) is 0 Å². The van der Waals surface area contributed by atoms with Crippen molar-refractivity contribution in [2.24, 2.45) is 17.8 Å². The molecule has 2 amide bonds. The van der Waals surface area contributed by atoms with E-state index in [-0.39, 0.29) is 5.92 Å². The molecular weight excluding hydrogens is 270 g/mol. The summed E-state index contributed by atoms with van der Waals surface area (Å²) < 4.78 is 0. The van der Waals surface area contributed by atoms with Gasteiger partial charge in [-0.1, -0.05) is 30.0 Å². The predicted octanol–water partition coefficient (Wildman–Crippen LogP) is 2.18. The largest absolute Gasteiger partial charge is 0.336 e. The number of hydrogen-bond donors (Lipinski definition) is 0. The fourth-order valence-corrected chi connectivity index (χ4v) is 3.87. The van der Waals surface area contributed by atoms with Crippen LogP contribution in [0.2, 0.25) is 0 Å². The van der Waals surface area contributed by atoms with E-state index in [1.54, 1.807) is 24.3 Å². The molecule has 3 atom stereocenters. The number of hydroxylamine groups is 2. The molecule has 5 nitrogen and oxygen atoms in total. The summed E-state index contributed by atoms with van der Waals surface area (Å²) in [6, 6.07) is 6.51. The van der Waals surface area contributed by atoms with E-state index in [0.29, 0.717) is 28.0 Å². The first kappa shape index (κ1) is 12.6. The van der Waals surface area contributed by atoms with E-state index in [1.165, 1.54) is 6.42 Å². The Labute approximate surface area is 121 Å². The van der Waals surface area contributed by atoms with Gasteiger partial charge in [0.25, 0.3) is 11.8 Å². The van der Waals surface area contributed by atoms with Crippen molar-refractivity contribution in [3.63, 3.8) is 0 Å². The van der Waals surface area contributed by atoms with E-state index in [4.69, 9.17) is 4.84 Å². The van der Waals surface area contributed by atoms with Crippen LogP contribution in [-0.2, 0) is 9.63 Å². The number of fused-ring (bicyclic) bond motifs is 2. The maximum atomic E-state index is 12.2. The molecule has 0 aromatic heterocycles. The second kappa shape index (κ2) is 4.41. The van der Waals surface area contributed by atoms with Gasteiger partial charge < -0.3 is 4.84 Å². The van der Waals surface area contributed by atoms with Gasteiger partial charge in [-0.2, -0.15) is 0 Å². The Hall–Kier alpha value is -2.17. The maximum absolute atomic E-state index is 12.2. The zero-order valence-corrected chi connectivity index (χ0v) is 11.5. The molecule has 3 aliphatic rings. The normalized spacial score (nSPS) is 29.9. The van der Waals surface area contributed by atoms with Gasteiger partial charge in [-0.25, -0.2) is 4.79 Å². The zero-order chi connectivity index (χ0) is 14.6. The topological polar surface area (TPSA) is 63.7 Å². The molecule has 0 radical (unpaired) electrons. The Balaban J connectivity index is 1.50. The molecule has 2 aliphatic carbocycles. The number of hydrogen-bond acceptors (Lipinski definition) is 4. The van der Waals surface area contributed by atoms with Crippen LogP contribution < -0.4 is 0 Å². The summed E-state index contributed by atoms with van der Waals surface area (Å²) in [5.74, 6) is -0.677. The summed E-state index contributed by atoms with van der Waals surface area (Å²) in [6.07, 6.45) is 4.22. The zero-order valence-electron chi connectivity index (χ0n) is 11.5. The van der Waals surface area contributed by atoms with Crippen LogP contribution in [-0.4, -0.2) is 22.8 Å². The summed E-state index contributed by atoms with van der Waals surface area (Å²) in [4.78, 5) is 41.6. The number of benzene rings is 1. The van der Waals surface area contributed by atoms with Crippen LogP contribution >= 0.6 is 0 Å². The quantitative estimate of drug-likeness (QED) is 0.781. The van der Waals surface area contributed by atoms with E-state index >= 15 is 0 Å². The van der Waals surface area contributed by atoms with Gasteiger partial charge in [-0.15, -0.1) is 0 Å². The van der Waals surface area contributed by atoms with Crippen LogP contribution in [0.1, 0.15) is 46.4 Å². The molecule has 1 heterocycles. The number of nitrogens with zero attached hydrogens (tertiary/aromatic N) is 1. The van der Waals surface area contributed by atoms with Crippen LogP contribution in [0.4, 0.5) is 0 Å². The van der Waals surface area contributed by atoms with Crippen LogP contribution in [0.3, 0.4) is 0 Å². The van der Waals surface area contributed by atoms with E-state index in [0.717, 1.165) is 19.3 Å². The van der Waals surface area contributed by atoms with Gasteiger partial charge in [-0.05, 0) is 36.8 Å². The third-order valence-electron chi connectivity index (χ3n) is 5.03. The average molecular weight is 285 g/mol. The van der Waals surface area contributed by atoms with Gasteiger partial charge >= 0.3 is 5.97 Å². The third kappa shape index (κ3) is 1.73. The molecule has 21 heavy (non-hydrogen) atoms. The molecule has 0 bridgehead atoms. The molecule has 0 saturated heterocycles. The van der Waals surface area contributed by atoms with Crippen molar-refractivity contribution in [3.8, 4) is 0 Å². The van der Waals surface area contributed by atoms with E-state index < -0.39 is 17.8 Å². The minimum atomic E-state index is -0.550. The van der Waals surface area contributed by atoms with Gasteiger partial charge in [0.15, 0.2) is 0 Å². The van der Waals surface area contributed by atoms with Crippen molar-refractivity contribution in [3.05, 3.63) is 35.4 Å². The second-order valence-electron chi connectivity index (χ2n) is 6.06. The van der Waals surface area contributed by atoms with Crippen LogP contribution in [0.5, 0.6) is 0 Å². The third-order valence-corrected chi connectivity index (χ3v) is 5.03. The molecule has 108 valence electrons. The fraction of sp³-hybridized carbons (Fsp3) is 0.438. The summed E-state index contributed by atoms with van der Waals surface area (Å²) in [5.41, 5.74) is 0.588. The molecule has 5 heteroatoms. The Morgan fingerprint density at radius 3 is 2.38 bits per heavy atom. The Morgan fingerprint density at radius 2 is 1.76 bits per heavy atom. The number of imide groups is 1. The van der Waals surface area contributed by atoms with Gasteiger partial charge in [0.1, 0.15) is 0 Å². The lowest BCUT2D eigenvalue weighted by Gasteiger charge is -2.38. The molecule has 2 saturated carbocycles. The summed E-state index contributed by atoms with van der Waals surface area (Å²) in [6.45, 7) is 0. The number of carbonyl (C=O) groups is 3. The van der Waals surface area contributed by atoms with Crippen molar-refractivity contribution in [1.29, 1.82) is 0 Å². The number of rotatable bonds is 2. The highest BCUT2D eigenvalue weighted by Gasteiger charge is 2.50. The highest BCUT2D eigenvalue weighted by atomic mass is 16.7. The van der Waals surface area contributed by atoms with Gasteiger partial charge in [-0.3, -0.25) is 9.59 Å². The Bertz CT molecular complexity index is 618. The smallest absolute Gasteiger partial charge is 0.329 e. The van der Waals surface area contributed by atoms with E-state index in [1.807, 2.05) is 0 Å². The molecular formula is C16H15NO4. The van der Waals surface area contributed by atoms with Crippen molar-refractivity contribution in [2.75, 3.05) is 0 Å². The molecule has 0 spiro atoms. The average Bonchev–Trinajstić information content (AvgIpc) is 2.94. The first-order chi connectivity index (χ1) is 10.2. The molecule has 0 N–H and O–H groups in total. The van der Waals surface area contributed by atoms with E-state index in [9.17, 15) is 14.4 Å². The molecule has 1 aliphatic heterocycles. The van der Waals surface area contributed by atoms with Gasteiger partial charge in [0.05, 0.1) is 17.0 Å². The predicted molar refractivity (Wildman–Crippen MR) is 72.0 cm³/mol. The van der Waals surface area contributed by atoms with Crippen LogP contribution in [0, 0.1) is 17.8 Å². The Morgan fingerprint density at radius 1 is 1.10 bits per heavy atom. The van der Waals surface area contributed by atoms with Crippen LogP contribution in [0.25, 0.3) is 0 Å². The number of carbonyl (C=O) groups excluding carboxylic acids is 3. The summed E-state index contributed by atoms with van der Waals surface area (Å²) >= 11 is 0. The molecule has 1 aromatic carbocycles. The van der Waals surface area contributed by atoms with Crippen molar-refractivity contribution < 1.29 is 19.2 Å². The Kier molecular flexibility index (Phi) is 2.64. The lowest BCUT2D eigenvalue weighted by atomic mass is 9.67. The summed E-state index contributed by atoms with van der Waals surface area (Å²) in [7, 11) is 0. The molecule has 3 unspecified atom stereocenters. The first-order valence-electron chi connectivity index (χ1n) is 7.36. The standard InChI is InChI=1S/C16H15NO4/c18-14-11-5-1-2-6-12(11)15(19)17(14)21-16(20)13-8-9-4-3-7-10(9)13/h1-2,5-6,9-10,13H,3-4,7-8H2.